The number of halogens is 2. The van der Waals surface area contributed by atoms with E-state index in [-0.39, 0.29) is 0 Å². The van der Waals surface area contributed by atoms with Gasteiger partial charge in [0.1, 0.15) is 0 Å². The van der Waals surface area contributed by atoms with Crippen molar-refractivity contribution in [3.63, 3.8) is 0 Å². The summed E-state index contributed by atoms with van der Waals surface area (Å²) in [6.45, 7) is 5.20. The number of hydrogen-bond acceptors (Lipinski definition) is 3. The minimum atomic E-state index is 0.529. The highest BCUT2D eigenvalue weighted by molar-refractivity contribution is 7.80. The largest absolute Gasteiger partial charge is 0.358 e. The predicted octanol–water partition coefficient (Wildman–Crippen LogP) is 4.08. The molecule has 0 aliphatic carbocycles. The first-order valence-corrected chi connectivity index (χ1v) is 9.50. The summed E-state index contributed by atoms with van der Waals surface area (Å²) in [5, 5.41) is 16.9. The second-order valence-electron chi connectivity index (χ2n) is 6.24. The Kier molecular flexibility index (Phi) is 6.04. The number of aryl methyl sites for hydroxylation is 2. The molecule has 0 fully saturated rings. The monoisotopic (exact) mass is 422 g/mol. The van der Waals surface area contributed by atoms with Crippen molar-refractivity contribution < 1.29 is 0 Å². The Labute approximate surface area is 173 Å². The fraction of sp³-hybridized carbons (Fsp3) is 0.278. The van der Waals surface area contributed by atoms with Gasteiger partial charge in [0.05, 0.1) is 24.1 Å². The zero-order chi connectivity index (χ0) is 19.6. The Balaban J connectivity index is 1.57. The van der Waals surface area contributed by atoms with Crippen LogP contribution in [0.5, 0.6) is 0 Å². The molecule has 0 unspecified atom stereocenters. The number of aromatic nitrogens is 4. The summed E-state index contributed by atoms with van der Waals surface area (Å²) < 4.78 is 3.66. The molecule has 0 bridgehead atoms. The summed E-state index contributed by atoms with van der Waals surface area (Å²) in [6.07, 6.45) is 3.60. The summed E-state index contributed by atoms with van der Waals surface area (Å²) in [5.41, 5.74) is 5.01. The average molecular weight is 423 g/mol. The molecule has 1 aromatic carbocycles. The van der Waals surface area contributed by atoms with E-state index >= 15 is 0 Å². The van der Waals surface area contributed by atoms with Crippen molar-refractivity contribution in [3.05, 3.63) is 63.2 Å². The molecule has 0 radical (unpaired) electrons. The van der Waals surface area contributed by atoms with Crippen LogP contribution in [0.3, 0.4) is 0 Å². The first-order valence-electron chi connectivity index (χ1n) is 8.34. The van der Waals surface area contributed by atoms with Gasteiger partial charge in [0, 0.05) is 41.1 Å². The lowest BCUT2D eigenvalue weighted by atomic mass is 10.2. The van der Waals surface area contributed by atoms with Gasteiger partial charge in [0.15, 0.2) is 5.11 Å². The average Bonchev–Trinajstić information content (AvgIpc) is 3.13. The van der Waals surface area contributed by atoms with Crippen LogP contribution in [0.25, 0.3) is 0 Å². The smallest absolute Gasteiger partial charge is 0.171 e. The molecule has 0 saturated carbocycles. The van der Waals surface area contributed by atoms with Crippen LogP contribution in [-0.2, 0) is 20.1 Å². The topological polar surface area (TPSA) is 59.7 Å². The summed E-state index contributed by atoms with van der Waals surface area (Å²) in [4.78, 5) is 0. The normalized spacial score (nSPS) is 10.9. The highest BCUT2D eigenvalue weighted by atomic mass is 35.5. The summed E-state index contributed by atoms with van der Waals surface area (Å²) in [7, 11) is 1.93. The van der Waals surface area contributed by atoms with Gasteiger partial charge in [-0.3, -0.25) is 9.36 Å². The molecular weight excluding hydrogens is 403 g/mol. The third kappa shape index (κ3) is 4.80. The maximum absolute atomic E-state index is 6.22. The van der Waals surface area contributed by atoms with Gasteiger partial charge in [-0.2, -0.15) is 10.2 Å². The highest BCUT2D eigenvalue weighted by Gasteiger charge is 2.10. The fourth-order valence-corrected chi connectivity index (χ4v) is 3.41. The quantitative estimate of drug-likeness (QED) is 0.606. The summed E-state index contributed by atoms with van der Waals surface area (Å²) in [6, 6.07) is 5.43. The number of thiocarbonyl (C=S) groups is 1. The second-order valence-corrected chi connectivity index (χ2v) is 7.49. The first-order chi connectivity index (χ1) is 12.8. The van der Waals surface area contributed by atoms with Gasteiger partial charge >= 0.3 is 0 Å². The van der Waals surface area contributed by atoms with Crippen molar-refractivity contribution in [1.29, 1.82) is 0 Å². The Morgan fingerprint density at radius 2 is 2.04 bits per heavy atom. The van der Waals surface area contributed by atoms with E-state index in [1.165, 1.54) is 0 Å². The zero-order valence-corrected chi connectivity index (χ0v) is 17.6. The van der Waals surface area contributed by atoms with Gasteiger partial charge < -0.3 is 10.6 Å². The van der Waals surface area contributed by atoms with Crippen LogP contribution >= 0.6 is 35.4 Å². The predicted molar refractivity (Wildman–Crippen MR) is 114 cm³/mol. The molecule has 2 aromatic heterocycles. The Morgan fingerprint density at radius 3 is 2.70 bits per heavy atom. The fourth-order valence-electron chi connectivity index (χ4n) is 2.76. The van der Waals surface area contributed by atoms with Crippen LogP contribution in [-0.4, -0.2) is 24.7 Å². The van der Waals surface area contributed by atoms with E-state index in [4.69, 9.17) is 35.4 Å². The Morgan fingerprint density at radius 1 is 1.26 bits per heavy atom. The molecule has 3 aromatic rings. The van der Waals surface area contributed by atoms with E-state index in [1.54, 1.807) is 16.9 Å². The summed E-state index contributed by atoms with van der Waals surface area (Å²) in [5.74, 6) is 0. The van der Waals surface area contributed by atoms with Crippen LogP contribution in [0.15, 0.2) is 30.6 Å². The SMILES string of the molecule is Cc1nn(C)c(C)c1CNC(=S)Nc1cnn(Cc2ccc(Cl)cc2Cl)c1. The van der Waals surface area contributed by atoms with Gasteiger partial charge in [-0.1, -0.05) is 29.3 Å². The maximum atomic E-state index is 6.22. The molecule has 2 N–H and O–H groups in total. The minimum Gasteiger partial charge on any atom is -0.358 e. The van der Waals surface area contributed by atoms with E-state index in [0.717, 1.165) is 28.2 Å². The number of anilines is 1. The number of nitrogens with zero attached hydrogens (tertiary/aromatic N) is 4. The van der Waals surface area contributed by atoms with Crippen LogP contribution in [0, 0.1) is 13.8 Å². The second kappa shape index (κ2) is 8.29. The molecule has 0 saturated heterocycles. The third-order valence-electron chi connectivity index (χ3n) is 4.32. The lowest BCUT2D eigenvalue weighted by molar-refractivity contribution is 0.687. The van der Waals surface area contributed by atoms with E-state index in [2.05, 4.69) is 20.8 Å². The molecule has 0 atom stereocenters. The van der Waals surface area contributed by atoms with E-state index < -0.39 is 0 Å². The number of nitrogens with one attached hydrogen (secondary N) is 2. The molecule has 0 aliphatic heterocycles. The number of rotatable bonds is 5. The molecular formula is C18H20Cl2N6S. The standard InChI is InChI=1S/C18H20Cl2N6S/c1-11-16(12(2)25(3)24-11)8-21-18(27)23-15-7-22-26(10-15)9-13-4-5-14(19)6-17(13)20/h4-7,10H,8-9H2,1-3H3,(H2,21,23,27). The van der Waals surface area contributed by atoms with Gasteiger partial charge in [0.25, 0.3) is 0 Å². The lowest BCUT2D eigenvalue weighted by Crippen LogP contribution is -2.28. The van der Waals surface area contributed by atoms with E-state index in [0.29, 0.717) is 28.2 Å². The molecule has 142 valence electrons. The Bertz CT molecular complexity index is 978. The Hall–Kier alpha value is -2.09. The van der Waals surface area contributed by atoms with Gasteiger partial charge in [0.2, 0.25) is 0 Å². The zero-order valence-electron chi connectivity index (χ0n) is 15.3. The van der Waals surface area contributed by atoms with E-state index in [1.807, 2.05) is 43.9 Å². The van der Waals surface area contributed by atoms with Crippen molar-refractivity contribution in [3.8, 4) is 0 Å². The minimum absolute atomic E-state index is 0.529. The van der Waals surface area contributed by atoms with Crippen LogP contribution in [0.1, 0.15) is 22.5 Å². The summed E-state index contributed by atoms with van der Waals surface area (Å²) >= 11 is 17.5. The highest BCUT2D eigenvalue weighted by Crippen LogP contribution is 2.22. The molecule has 6 nitrogen and oxygen atoms in total. The molecule has 3 rings (SSSR count). The molecule has 0 spiro atoms. The lowest BCUT2D eigenvalue weighted by Gasteiger charge is -2.09. The van der Waals surface area contributed by atoms with Crippen molar-refractivity contribution >= 4 is 46.2 Å². The van der Waals surface area contributed by atoms with Crippen molar-refractivity contribution in [2.24, 2.45) is 7.05 Å². The molecule has 0 aliphatic rings. The molecule has 2 heterocycles. The third-order valence-corrected chi connectivity index (χ3v) is 5.16. The van der Waals surface area contributed by atoms with Crippen molar-refractivity contribution in [1.82, 2.24) is 24.9 Å². The molecule has 9 heteroatoms. The van der Waals surface area contributed by atoms with Crippen LogP contribution in [0.4, 0.5) is 5.69 Å². The number of hydrogen-bond donors (Lipinski definition) is 2. The first kappa shape index (κ1) is 19.7. The number of benzene rings is 1. The molecule has 0 amide bonds. The van der Waals surface area contributed by atoms with Gasteiger partial charge in [-0.25, -0.2) is 0 Å². The van der Waals surface area contributed by atoms with Crippen LogP contribution < -0.4 is 10.6 Å². The molecule has 27 heavy (non-hydrogen) atoms. The maximum Gasteiger partial charge on any atom is 0.171 e. The van der Waals surface area contributed by atoms with Crippen molar-refractivity contribution in [2.45, 2.75) is 26.9 Å². The van der Waals surface area contributed by atoms with Gasteiger partial charge in [-0.15, -0.1) is 0 Å². The van der Waals surface area contributed by atoms with Gasteiger partial charge in [-0.05, 0) is 43.8 Å². The van der Waals surface area contributed by atoms with Crippen molar-refractivity contribution in [2.75, 3.05) is 5.32 Å². The van der Waals surface area contributed by atoms with E-state index in [9.17, 15) is 0 Å². The van der Waals surface area contributed by atoms with Crippen LogP contribution in [0.2, 0.25) is 10.0 Å².